The van der Waals surface area contributed by atoms with Crippen LogP contribution in [0, 0.1) is 5.92 Å². The van der Waals surface area contributed by atoms with Crippen LogP contribution >= 0.6 is 0 Å². The van der Waals surface area contributed by atoms with Crippen molar-refractivity contribution < 1.29 is 19.4 Å². The first-order valence-electron chi connectivity index (χ1n) is 4.44. The highest BCUT2D eigenvalue weighted by atomic mass is 16.7. The number of rotatable bonds is 4. The highest BCUT2D eigenvalue weighted by molar-refractivity contribution is 5.74. The summed E-state index contributed by atoms with van der Waals surface area (Å²) in [6.07, 6.45) is 6.57. The number of hydrogen-bond acceptors (Lipinski definition) is 3. The number of ether oxygens (including phenoxy) is 2. The molecule has 0 amide bonds. The van der Waals surface area contributed by atoms with Gasteiger partial charge >= 0.3 is 5.97 Å². The Morgan fingerprint density at radius 2 is 2.29 bits per heavy atom. The molecule has 2 unspecified atom stereocenters. The fraction of sp³-hybridized carbons (Fsp3) is 0.500. The number of aliphatic carboxylic acids is 1. The van der Waals surface area contributed by atoms with Crippen molar-refractivity contribution in [3.8, 4) is 0 Å². The summed E-state index contributed by atoms with van der Waals surface area (Å²) < 4.78 is 10.5. The van der Waals surface area contributed by atoms with Gasteiger partial charge in [-0.1, -0.05) is 18.2 Å². The van der Waals surface area contributed by atoms with E-state index in [9.17, 15) is 4.79 Å². The van der Waals surface area contributed by atoms with Crippen molar-refractivity contribution in [2.45, 2.75) is 12.7 Å². The largest absolute Gasteiger partial charge is 0.481 e. The van der Waals surface area contributed by atoms with Gasteiger partial charge in [-0.2, -0.15) is 0 Å². The minimum absolute atomic E-state index is 0.399. The first-order chi connectivity index (χ1) is 6.66. The van der Waals surface area contributed by atoms with Gasteiger partial charge in [-0.15, -0.1) is 0 Å². The molecule has 0 fully saturated rings. The van der Waals surface area contributed by atoms with Crippen LogP contribution in [0.3, 0.4) is 0 Å². The maximum Gasteiger partial charge on any atom is 0.316 e. The lowest BCUT2D eigenvalue weighted by Crippen LogP contribution is -2.45. The quantitative estimate of drug-likeness (QED) is 0.689. The van der Waals surface area contributed by atoms with Gasteiger partial charge in [0.05, 0.1) is 0 Å². The Kier molecular flexibility index (Phi) is 3.43. The van der Waals surface area contributed by atoms with Gasteiger partial charge < -0.3 is 14.6 Å². The molecule has 1 aliphatic carbocycles. The lowest BCUT2D eigenvalue weighted by Gasteiger charge is -2.34. The molecule has 14 heavy (non-hydrogen) atoms. The fourth-order valence-electron chi connectivity index (χ4n) is 1.47. The summed E-state index contributed by atoms with van der Waals surface area (Å²) in [7, 11) is 1.44. The summed E-state index contributed by atoms with van der Waals surface area (Å²) in [6.45, 7) is 2.20. The highest BCUT2D eigenvalue weighted by Gasteiger charge is 2.42. The first-order valence-corrected chi connectivity index (χ1v) is 4.44. The lowest BCUT2D eigenvalue weighted by atomic mass is 9.93. The van der Waals surface area contributed by atoms with E-state index in [-0.39, 0.29) is 0 Å². The van der Waals surface area contributed by atoms with Gasteiger partial charge in [-0.3, -0.25) is 4.79 Å². The molecule has 0 radical (unpaired) electrons. The van der Waals surface area contributed by atoms with Crippen LogP contribution in [0.2, 0.25) is 0 Å². The molecule has 2 atom stereocenters. The zero-order valence-corrected chi connectivity index (χ0v) is 8.27. The Bertz CT molecular complexity index is 269. The average molecular weight is 198 g/mol. The van der Waals surface area contributed by atoms with Crippen LogP contribution in [0.5, 0.6) is 0 Å². The van der Waals surface area contributed by atoms with E-state index in [1.165, 1.54) is 7.11 Å². The molecule has 1 rings (SSSR count). The number of methoxy groups -OCH3 is 1. The van der Waals surface area contributed by atoms with Crippen LogP contribution in [0.1, 0.15) is 6.92 Å². The van der Waals surface area contributed by atoms with Crippen LogP contribution in [0.15, 0.2) is 24.3 Å². The van der Waals surface area contributed by atoms with E-state index in [1.807, 2.05) is 0 Å². The second-order valence-electron chi connectivity index (χ2n) is 2.92. The Hall–Kier alpha value is -1.13. The van der Waals surface area contributed by atoms with Gasteiger partial charge in [0.15, 0.2) is 0 Å². The molecule has 0 aromatic heterocycles. The lowest BCUT2D eigenvalue weighted by molar-refractivity contribution is -0.215. The second kappa shape index (κ2) is 4.39. The molecule has 0 aromatic carbocycles. The predicted octanol–water partition coefficient (Wildman–Crippen LogP) is 1.19. The maximum atomic E-state index is 11.0. The molecule has 0 bridgehead atoms. The van der Waals surface area contributed by atoms with Crippen molar-refractivity contribution in [3.05, 3.63) is 24.3 Å². The standard InChI is InChI=1S/C10H14O4/c1-3-14-10(13-2)7-5-4-6-8(10)9(11)12/h4-8H,3H2,1-2H3,(H,11,12). The third kappa shape index (κ3) is 1.86. The number of carbonyl (C=O) groups is 1. The summed E-state index contributed by atoms with van der Waals surface area (Å²) in [4.78, 5) is 11.0. The normalized spacial score (nSPS) is 30.6. The highest BCUT2D eigenvalue weighted by Crippen LogP contribution is 2.29. The van der Waals surface area contributed by atoms with Crippen molar-refractivity contribution in [2.75, 3.05) is 13.7 Å². The van der Waals surface area contributed by atoms with Crippen LogP contribution in [-0.2, 0) is 14.3 Å². The molecular formula is C10H14O4. The predicted molar refractivity (Wildman–Crippen MR) is 50.8 cm³/mol. The average Bonchev–Trinajstić information content (AvgIpc) is 2.18. The van der Waals surface area contributed by atoms with Crippen molar-refractivity contribution in [2.24, 2.45) is 5.92 Å². The SMILES string of the molecule is CCOC1(OC)C=CC=CC1C(=O)O. The molecule has 4 nitrogen and oxygen atoms in total. The monoisotopic (exact) mass is 198 g/mol. The molecule has 78 valence electrons. The summed E-state index contributed by atoms with van der Waals surface area (Å²) >= 11 is 0. The first kappa shape index (κ1) is 10.9. The molecule has 0 saturated carbocycles. The molecule has 0 aliphatic heterocycles. The van der Waals surface area contributed by atoms with E-state index in [0.29, 0.717) is 6.61 Å². The Morgan fingerprint density at radius 1 is 1.57 bits per heavy atom. The minimum atomic E-state index is -1.16. The summed E-state index contributed by atoms with van der Waals surface area (Å²) in [5.41, 5.74) is 0. The minimum Gasteiger partial charge on any atom is -0.481 e. The summed E-state index contributed by atoms with van der Waals surface area (Å²) in [5, 5.41) is 8.99. The molecule has 1 N–H and O–H groups in total. The molecule has 4 heteroatoms. The van der Waals surface area contributed by atoms with Crippen LogP contribution in [0.25, 0.3) is 0 Å². The van der Waals surface area contributed by atoms with Crippen molar-refractivity contribution in [1.82, 2.24) is 0 Å². The fourth-order valence-corrected chi connectivity index (χ4v) is 1.47. The Morgan fingerprint density at radius 3 is 2.79 bits per heavy atom. The van der Waals surface area contributed by atoms with Gasteiger partial charge in [0.2, 0.25) is 5.79 Å². The van der Waals surface area contributed by atoms with Crippen molar-refractivity contribution in [1.29, 1.82) is 0 Å². The number of hydrogen-bond donors (Lipinski definition) is 1. The number of allylic oxidation sites excluding steroid dienone is 2. The molecule has 0 aromatic rings. The number of carboxylic acid groups (broad SMARTS) is 1. The van der Waals surface area contributed by atoms with Gasteiger partial charge in [0.1, 0.15) is 5.92 Å². The zero-order chi connectivity index (χ0) is 10.6. The molecule has 0 heterocycles. The van der Waals surface area contributed by atoms with Gasteiger partial charge in [0, 0.05) is 13.7 Å². The van der Waals surface area contributed by atoms with E-state index in [4.69, 9.17) is 14.6 Å². The van der Waals surface area contributed by atoms with Crippen LogP contribution in [-0.4, -0.2) is 30.6 Å². The zero-order valence-electron chi connectivity index (χ0n) is 8.27. The van der Waals surface area contributed by atoms with E-state index >= 15 is 0 Å². The summed E-state index contributed by atoms with van der Waals surface area (Å²) in [6, 6.07) is 0. The van der Waals surface area contributed by atoms with E-state index in [1.54, 1.807) is 31.2 Å². The van der Waals surface area contributed by atoms with Gasteiger partial charge in [-0.25, -0.2) is 0 Å². The third-order valence-electron chi connectivity index (χ3n) is 2.13. The maximum absolute atomic E-state index is 11.0. The van der Waals surface area contributed by atoms with E-state index in [2.05, 4.69) is 0 Å². The van der Waals surface area contributed by atoms with E-state index in [0.717, 1.165) is 0 Å². The van der Waals surface area contributed by atoms with Crippen LogP contribution < -0.4 is 0 Å². The topological polar surface area (TPSA) is 55.8 Å². The van der Waals surface area contributed by atoms with E-state index < -0.39 is 17.7 Å². The molecule has 0 spiro atoms. The Balaban J connectivity index is 2.95. The summed E-state index contributed by atoms with van der Waals surface area (Å²) in [5.74, 6) is -2.91. The number of carboxylic acids is 1. The van der Waals surface area contributed by atoms with Crippen LogP contribution in [0.4, 0.5) is 0 Å². The van der Waals surface area contributed by atoms with Crippen molar-refractivity contribution in [3.63, 3.8) is 0 Å². The smallest absolute Gasteiger partial charge is 0.316 e. The molecule has 1 aliphatic rings. The Labute approximate surface area is 82.8 Å². The molecular weight excluding hydrogens is 184 g/mol. The second-order valence-corrected chi connectivity index (χ2v) is 2.92. The van der Waals surface area contributed by atoms with Gasteiger partial charge in [-0.05, 0) is 13.0 Å². The van der Waals surface area contributed by atoms with Gasteiger partial charge in [0.25, 0.3) is 0 Å². The molecule has 0 saturated heterocycles. The van der Waals surface area contributed by atoms with Crippen molar-refractivity contribution >= 4 is 5.97 Å². The third-order valence-corrected chi connectivity index (χ3v) is 2.13.